The largest absolute Gasteiger partial charge is 0.416 e. The number of nitrogens with one attached hydrogen (secondary N) is 2. The molecular formula is C19H14F3N5O. The second-order valence-corrected chi connectivity index (χ2v) is 5.66. The van der Waals surface area contributed by atoms with Crippen molar-refractivity contribution >= 4 is 17.2 Å². The van der Waals surface area contributed by atoms with E-state index in [1.165, 1.54) is 29.2 Å². The molecular weight excluding hydrogens is 371 g/mol. The van der Waals surface area contributed by atoms with Crippen LogP contribution in [0.25, 0.3) is 5.69 Å². The van der Waals surface area contributed by atoms with Crippen molar-refractivity contribution in [2.75, 3.05) is 5.32 Å². The highest BCUT2D eigenvalue weighted by atomic mass is 19.4. The zero-order valence-corrected chi connectivity index (χ0v) is 14.3. The molecule has 0 saturated carbocycles. The average molecular weight is 385 g/mol. The van der Waals surface area contributed by atoms with Crippen molar-refractivity contribution in [3.05, 3.63) is 84.6 Å². The van der Waals surface area contributed by atoms with Crippen LogP contribution in [0, 0.1) is 5.41 Å². The molecule has 0 aliphatic rings. The van der Waals surface area contributed by atoms with Crippen molar-refractivity contribution in [1.29, 1.82) is 5.41 Å². The van der Waals surface area contributed by atoms with E-state index in [9.17, 15) is 18.0 Å². The third-order valence-electron chi connectivity index (χ3n) is 3.73. The van der Waals surface area contributed by atoms with E-state index in [4.69, 9.17) is 5.41 Å². The number of anilines is 1. The second kappa shape index (κ2) is 7.87. The first-order valence-corrected chi connectivity index (χ1v) is 8.05. The van der Waals surface area contributed by atoms with Gasteiger partial charge < -0.3 is 5.32 Å². The van der Waals surface area contributed by atoms with E-state index in [0.29, 0.717) is 5.69 Å². The summed E-state index contributed by atoms with van der Waals surface area (Å²) < 4.78 is 39.6. The lowest BCUT2D eigenvalue weighted by Gasteiger charge is -2.08. The van der Waals surface area contributed by atoms with Crippen molar-refractivity contribution in [1.82, 2.24) is 14.8 Å². The molecule has 0 aliphatic heterocycles. The summed E-state index contributed by atoms with van der Waals surface area (Å²) in [5.41, 5.74) is -0.353. The zero-order valence-electron chi connectivity index (χ0n) is 14.3. The van der Waals surface area contributed by atoms with E-state index >= 15 is 0 Å². The summed E-state index contributed by atoms with van der Waals surface area (Å²) in [6, 6.07) is 13.5. The van der Waals surface area contributed by atoms with Gasteiger partial charge in [0, 0.05) is 23.7 Å². The maximum absolute atomic E-state index is 12.7. The molecule has 1 aromatic heterocycles. The number of rotatable bonds is 6. The van der Waals surface area contributed by atoms with Crippen molar-refractivity contribution < 1.29 is 18.0 Å². The Labute approximate surface area is 157 Å². The Morgan fingerprint density at radius 3 is 2.57 bits per heavy atom. The summed E-state index contributed by atoms with van der Waals surface area (Å²) in [7, 11) is 0. The number of carbonyl (C=O) groups is 1. The predicted molar refractivity (Wildman–Crippen MR) is 97.4 cm³/mol. The molecule has 142 valence electrons. The number of para-hydroxylation sites is 1. The van der Waals surface area contributed by atoms with Crippen molar-refractivity contribution in [2.24, 2.45) is 0 Å². The van der Waals surface area contributed by atoms with Crippen LogP contribution in [0.4, 0.5) is 18.9 Å². The molecule has 0 atom stereocenters. The van der Waals surface area contributed by atoms with E-state index < -0.39 is 23.2 Å². The van der Waals surface area contributed by atoms with E-state index in [1.807, 2.05) is 6.07 Å². The number of alkyl halides is 3. The number of ketones is 1. The molecule has 0 saturated heterocycles. The van der Waals surface area contributed by atoms with Gasteiger partial charge in [0.25, 0.3) is 0 Å². The van der Waals surface area contributed by atoms with E-state index in [2.05, 4.69) is 15.5 Å². The van der Waals surface area contributed by atoms with Gasteiger partial charge >= 0.3 is 6.18 Å². The minimum atomic E-state index is -4.46. The van der Waals surface area contributed by atoms with Crippen molar-refractivity contribution in [2.45, 2.75) is 6.18 Å². The molecule has 3 aromatic rings. The van der Waals surface area contributed by atoms with Crippen LogP contribution in [0.2, 0.25) is 0 Å². The molecule has 28 heavy (non-hydrogen) atoms. The number of allylic oxidation sites excluding steroid dienone is 1. The molecule has 0 amide bonds. The molecule has 0 spiro atoms. The molecule has 0 unspecified atom stereocenters. The van der Waals surface area contributed by atoms with Gasteiger partial charge in [-0.05, 0) is 30.3 Å². The van der Waals surface area contributed by atoms with Gasteiger partial charge in [-0.2, -0.15) is 13.2 Å². The molecule has 2 N–H and O–H groups in total. The summed E-state index contributed by atoms with van der Waals surface area (Å²) in [4.78, 5) is 12.2. The molecule has 0 aliphatic carbocycles. The lowest BCUT2D eigenvalue weighted by atomic mass is 10.2. The van der Waals surface area contributed by atoms with Crippen LogP contribution in [-0.2, 0) is 11.0 Å². The summed E-state index contributed by atoms with van der Waals surface area (Å²) in [5, 5.41) is 18.2. The van der Waals surface area contributed by atoms with Gasteiger partial charge in [-0.3, -0.25) is 14.8 Å². The third kappa shape index (κ3) is 4.32. The van der Waals surface area contributed by atoms with Gasteiger partial charge in [-0.1, -0.05) is 24.3 Å². The first kappa shape index (κ1) is 19.0. The fourth-order valence-corrected chi connectivity index (χ4v) is 2.38. The molecule has 9 heteroatoms. The van der Waals surface area contributed by atoms with E-state index in [-0.39, 0.29) is 11.5 Å². The Hall–Kier alpha value is -3.75. The van der Waals surface area contributed by atoms with Gasteiger partial charge in [0.15, 0.2) is 5.82 Å². The first-order chi connectivity index (χ1) is 13.4. The minimum Gasteiger partial charge on any atom is -0.362 e. The Morgan fingerprint density at radius 2 is 1.86 bits per heavy atom. The van der Waals surface area contributed by atoms with Crippen molar-refractivity contribution in [3.63, 3.8) is 0 Å². The van der Waals surface area contributed by atoms with Gasteiger partial charge in [-0.25, -0.2) is 0 Å². The number of hydrogen-bond acceptors (Lipinski definition) is 5. The van der Waals surface area contributed by atoms with Crippen LogP contribution in [0.1, 0.15) is 11.4 Å². The first-order valence-electron chi connectivity index (χ1n) is 8.05. The molecule has 6 nitrogen and oxygen atoms in total. The van der Waals surface area contributed by atoms with E-state index in [0.717, 1.165) is 18.2 Å². The van der Waals surface area contributed by atoms with E-state index in [1.54, 1.807) is 24.3 Å². The average Bonchev–Trinajstić information content (AvgIpc) is 3.17. The highest BCUT2D eigenvalue weighted by Gasteiger charge is 2.30. The van der Waals surface area contributed by atoms with Gasteiger partial charge in [0.1, 0.15) is 12.0 Å². The Kier molecular flexibility index (Phi) is 5.35. The van der Waals surface area contributed by atoms with Gasteiger partial charge in [-0.15, -0.1) is 10.2 Å². The number of nitrogens with zero attached hydrogens (tertiary/aromatic N) is 3. The van der Waals surface area contributed by atoms with Crippen molar-refractivity contribution in [3.8, 4) is 5.69 Å². The number of benzene rings is 2. The van der Waals surface area contributed by atoms with Crippen LogP contribution in [0.3, 0.4) is 0 Å². The van der Waals surface area contributed by atoms with Crippen LogP contribution in [0.15, 0.2) is 73.2 Å². The highest BCUT2D eigenvalue weighted by Crippen LogP contribution is 2.30. The molecule has 3 rings (SSSR count). The zero-order chi connectivity index (χ0) is 20.1. The molecule has 0 radical (unpaired) electrons. The summed E-state index contributed by atoms with van der Waals surface area (Å²) in [6.07, 6.45) is -0.847. The normalized spacial score (nSPS) is 11.5. The summed E-state index contributed by atoms with van der Waals surface area (Å²) >= 11 is 0. The molecule has 0 bridgehead atoms. The Morgan fingerprint density at radius 1 is 1.11 bits per heavy atom. The second-order valence-electron chi connectivity index (χ2n) is 5.66. The molecule has 2 aromatic carbocycles. The topological polar surface area (TPSA) is 83.7 Å². The fraction of sp³-hybridized carbons (Fsp3) is 0.0526. The van der Waals surface area contributed by atoms with Gasteiger partial charge in [0.05, 0.1) is 5.56 Å². The van der Waals surface area contributed by atoms with Crippen LogP contribution in [0.5, 0.6) is 0 Å². The lowest BCUT2D eigenvalue weighted by molar-refractivity contribution is -0.137. The Bertz CT molecular complexity index is 1030. The SMILES string of the molecule is N=C(C(=O)/C=C\Nc1cccc(C(F)(F)F)c1)c1nncn1-c1ccccc1. The van der Waals surface area contributed by atoms with Crippen LogP contribution in [-0.4, -0.2) is 26.3 Å². The number of halogens is 3. The molecule has 1 heterocycles. The minimum absolute atomic E-state index is 0.0555. The predicted octanol–water partition coefficient (Wildman–Crippen LogP) is 3.85. The number of hydrogen-bond donors (Lipinski definition) is 2. The summed E-state index contributed by atoms with van der Waals surface area (Å²) in [5.74, 6) is -0.621. The van der Waals surface area contributed by atoms with Crippen LogP contribution < -0.4 is 5.32 Å². The highest BCUT2D eigenvalue weighted by molar-refractivity contribution is 6.47. The number of aromatic nitrogens is 3. The fourth-order valence-electron chi connectivity index (χ4n) is 2.38. The van der Waals surface area contributed by atoms with Gasteiger partial charge in [0.2, 0.25) is 5.78 Å². The maximum Gasteiger partial charge on any atom is 0.416 e. The van der Waals surface area contributed by atoms with Crippen LogP contribution >= 0.6 is 0 Å². The standard InChI is InChI=1S/C19H14F3N5O/c20-19(21,22)13-5-4-6-14(11-13)24-10-9-16(28)17(23)18-26-25-12-27(18)15-7-2-1-3-8-15/h1-12,23-24H/b10-9-,23-17?. The monoisotopic (exact) mass is 385 g/mol. The number of carbonyl (C=O) groups excluding carboxylic acids is 1. The quantitative estimate of drug-likeness (QED) is 0.499. The lowest BCUT2D eigenvalue weighted by Crippen LogP contribution is -2.17. The summed E-state index contributed by atoms with van der Waals surface area (Å²) in [6.45, 7) is 0. The Balaban J connectivity index is 1.71. The third-order valence-corrected chi connectivity index (χ3v) is 3.73. The maximum atomic E-state index is 12.7. The smallest absolute Gasteiger partial charge is 0.362 e. The molecule has 0 fully saturated rings.